The Labute approximate surface area is 679 Å². The van der Waals surface area contributed by atoms with E-state index in [1.165, 1.54) is 210 Å². The molecule has 0 aliphatic heterocycles. The lowest BCUT2D eigenvalue weighted by molar-refractivity contribution is 0.661. The molecule has 0 saturated heterocycles. The summed E-state index contributed by atoms with van der Waals surface area (Å²) in [5.74, 6) is 0. The first kappa shape index (κ1) is 67.8. The molecule has 0 amide bonds. The minimum atomic E-state index is -0.292. The Morgan fingerprint density at radius 1 is 0.162 bits per heavy atom. The van der Waals surface area contributed by atoms with Crippen molar-refractivity contribution in [3.05, 3.63) is 446 Å². The molecule has 0 saturated carbocycles. The Balaban J connectivity index is 0.000000138. The summed E-state index contributed by atoms with van der Waals surface area (Å²) < 4.78 is 9.71. The highest BCUT2D eigenvalue weighted by Gasteiger charge is 2.42. The Kier molecular flexibility index (Phi) is 15.4. The molecule has 550 valence electrons. The van der Waals surface area contributed by atoms with Crippen molar-refractivity contribution in [3.8, 4) is 101 Å². The quantitative estimate of drug-likeness (QED) is 0.130. The van der Waals surface area contributed by atoms with E-state index < -0.39 is 0 Å². The standard InChI is InChI=1S/C57H40N2.C56H38N2/c1-57(2)51-19-11-9-17-45(51)47-35-50-49-34-42(28-32-55(49)59(56(50)36-52(47)57)44-29-25-38(26-30-44)37-13-5-3-6-14-37)40-23-21-39(22-24-40)41-27-31-54-48(33-41)46-18-10-12-20-53(46)58(54)43-15-7-4-8-16-43;1-56(41-17-7-3-8-18-41)50-23-13-11-21-44(50)46-35-49-48-34-40(39-27-31-53-47(33-39)45-22-12-14-24-52(45)57(53)42-19-9-4-10-20-42)28-32-54(48)58(55(49)36-51(46)56)43-29-25-38(26-30-43)37-15-5-2-6-16-37/h3-36H,1-2H3;2-36H,1H3. The molecule has 22 aromatic rings. The normalized spacial score (nSPS) is 13.9. The van der Waals surface area contributed by atoms with E-state index in [-0.39, 0.29) is 10.8 Å². The van der Waals surface area contributed by atoms with Gasteiger partial charge in [-0.2, -0.15) is 0 Å². The summed E-state index contributed by atoms with van der Waals surface area (Å²) in [6.07, 6.45) is 0. The maximum absolute atomic E-state index is 2.49. The molecule has 18 aromatic carbocycles. The van der Waals surface area contributed by atoms with E-state index >= 15 is 0 Å². The van der Waals surface area contributed by atoms with Gasteiger partial charge in [0.25, 0.3) is 0 Å². The average Bonchev–Trinajstić information content (AvgIpc) is 1.55. The SMILES string of the molecule is CC1(C)c2ccccc2-c2cc3c4cc(-c5ccc(-c6ccc7c(c6)c6ccccc6n7-c6ccccc6)cc5)ccc4n(-c4ccc(-c5ccccc5)cc4)c3cc21.CC1(c2ccccc2)c2ccccc2-c2cc3c4cc(-c5ccc6c(c5)c5ccccc5n6-c5ccccc5)ccc4n(-c4ccc(-c5ccccc5)cc4)c3cc21. The number of hydrogen-bond acceptors (Lipinski definition) is 0. The Morgan fingerprint density at radius 3 is 0.880 bits per heavy atom. The van der Waals surface area contributed by atoms with E-state index in [9.17, 15) is 0 Å². The second kappa shape index (κ2) is 26.6. The Hall–Kier alpha value is -14.8. The molecule has 1 unspecified atom stereocenters. The summed E-state index contributed by atoms with van der Waals surface area (Å²) in [6.45, 7) is 7.14. The summed E-state index contributed by atoms with van der Waals surface area (Å²) in [5.41, 5.74) is 38.3. The van der Waals surface area contributed by atoms with Gasteiger partial charge in [-0.3, -0.25) is 0 Å². The maximum atomic E-state index is 2.49. The van der Waals surface area contributed by atoms with E-state index in [0.717, 1.165) is 5.69 Å². The van der Waals surface area contributed by atoms with Crippen LogP contribution in [-0.4, -0.2) is 18.3 Å². The van der Waals surface area contributed by atoms with Crippen LogP contribution in [0.1, 0.15) is 48.6 Å². The van der Waals surface area contributed by atoms with Gasteiger partial charge >= 0.3 is 0 Å². The van der Waals surface area contributed by atoms with Gasteiger partial charge in [0.05, 0.1) is 44.1 Å². The van der Waals surface area contributed by atoms with Crippen LogP contribution >= 0.6 is 0 Å². The van der Waals surface area contributed by atoms with Crippen LogP contribution in [0.4, 0.5) is 0 Å². The fourth-order valence-electron chi connectivity index (χ4n) is 20.0. The molecule has 2 aliphatic rings. The van der Waals surface area contributed by atoms with Gasteiger partial charge in [-0.1, -0.05) is 299 Å². The first-order valence-corrected chi connectivity index (χ1v) is 40.8. The number of rotatable bonds is 10. The van der Waals surface area contributed by atoms with Crippen LogP contribution < -0.4 is 0 Å². The topological polar surface area (TPSA) is 19.7 Å². The highest BCUT2D eigenvalue weighted by molar-refractivity contribution is 6.16. The van der Waals surface area contributed by atoms with E-state index in [1.807, 2.05) is 0 Å². The fraction of sp³-hybridized carbons (Fsp3) is 0.0442. The van der Waals surface area contributed by atoms with Gasteiger partial charge in [0.15, 0.2) is 0 Å². The molecular formula is C113H78N4. The number of benzene rings is 18. The van der Waals surface area contributed by atoms with Gasteiger partial charge in [0.2, 0.25) is 0 Å². The molecule has 1 atom stereocenters. The highest BCUT2D eigenvalue weighted by atomic mass is 15.0. The summed E-state index contributed by atoms with van der Waals surface area (Å²) in [5, 5.41) is 10.1. The van der Waals surface area contributed by atoms with Crippen LogP contribution in [0, 0.1) is 0 Å². The first-order valence-electron chi connectivity index (χ1n) is 40.8. The monoisotopic (exact) mass is 1490 g/mol. The van der Waals surface area contributed by atoms with Gasteiger partial charge in [0.1, 0.15) is 0 Å². The molecule has 0 fully saturated rings. The van der Waals surface area contributed by atoms with Crippen molar-refractivity contribution in [2.45, 2.75) is 31.6 Å². The fourth-order valence-corrected chi connectivity index (χ4v) is 20.0. The van der Waals surface area contributed by atoms with Gasteiger partial charge < -0.3 is 18.3 Å². The van der Waals surface area contributed by atoms with Crippen LogP contribution in [0.3, 0.4) is 0 Å². The van der Waals surface area contributed by atoms with E-state index in [2.05, 4.69) is 458 Å². The van der Waals surface area contributed by atoms with E-state index in [0.29, 0.717) is 0 Å². The second-order valence-corrected chi connectivity index (χ2v) is 32.4. The van der Waals surface area contributed by atoms with Crippen molar-refractivity contribution in [2.24, 2.45) is 0 Å². The Bertz CT molecular complexity index is 7710. The second-order valence-electron chi connectivity index (χ2n) is 32.4. The smallest absolute Gasteiger partial charge is 0.0544 e. The average molecular weight is 1490 g/mol. The molecular weight excluding hydrogens is 1410 g/mol. The molecule has 24 rings (SSSR count). The zero-order valence-corrected chi connectivity index (χ0v) is 65.1. The zero-order valence-electron chi connectivity index (χ0n) is 65.1. The molecule has 4 heteroatoms. The van der Waals surface area contributed by atoms with Crippen LogP contribution in [0.5, 0.6) is 0 Å². The molecule has 0 N–H and O–H groups in total. The zero-order chi connectivity index (χ0) is 77.6. The summed E-state index contributed by atoms with van der Waals surface area (Å²) >= 11 is 0. The first-order chi connectivity index (χ1) is 57.7. The van der Waals surface area contributed by atoms with Crippen LogP contribution in [-0.2, 0) is 10.8 Å². The van der Waals surface area contributed by atoms with Crippen molar-refractivity contribution in [2.75, 3.05) is 0 Å². The van der Waals surface area contributed by atoms with Gasteiger partial charge in [0, 0.05) is 76.7 Å². The molecule has 2 aliphatic carbocycles. The van der Waals surface area contributed by atoms with E-state index in [4.69, 9.17) is 0 Å². The molecule has 0 spiro atoms. The largest absolute Gasteiger partial charge is 0.309 e. The molecule has 4 heterocycles. The third-order valence-electron chi connectivity index (χ3n) is 25.7. The number of fused-ring (bicyclic) bond motifs is 18. The van der Waals surface area contributed by atoms with Crippen molar-refractivity contribution >= 4 is 87.2 Å². The number of nitrogens with zero attached hydrogens (tertiary/aromatic N) is 4. The number of aromatic nitrogens is 4. The molecule has 4 aromatic heterocycles. The maximum Gasteiger partial charge on any atom is 0.0544 e. The minimum absolute atomic E-state index is 0.0883. The van der Waals surface area contributed by atoms with Gasteiger partial charge in [-0.15, -0.1) is 0 Å². The molecule has 0 radical (unpaired) electrons. The third-order valence-corrected chi connectivity index (χ3v) is 25.7. The van der Waals surface area contributed by atoms with Crippen molar-refractivity contribution in [3.63, 3.8) is 0 Å². The summed E-state index contributed by atoms with van der Waals surface area (Å²) in [4.78, 5) is 0. The van der Waals surface area contributed by atoms with Crippen LogP contribution in [0.15, 0.2) is 419 Å². The lowest BCUT2D eigenvalue weighted by atomic mass is 9.74. The minimum Gasteiger partial charge on any atom is -0.309 e. The van der Waals surface area contributed by atoms with Gasteiger partial charge in [-0.05, 0) is 246 Å². The Morgan fingerprint density at radius 2 is 0.436 bits per heavy atom. The summed E-state index contributed by atoms with van der Waals surface area (Å²) in [7, 11) is 0. The van der Waals surface area contributed by atoms with Crippen LogP contribution in [0.2, 0.25) is 0 Å². The van der Waals surface area contributed by atoms with Crippen molar-refractivity contribution in [1.29, 1.82) is 0 Å². The van der Waals surface area contributed by atoms with E-state index in [1.54, 1.807) is 0 Å². The lowest BCUT2D eigenvalue weighted by Crippen LogP contribution is -2.22. The molecule has 117 heavy (non-hydrogen) atoms. The van der Waals surface area contributed by atoms with Crippen molar-refractivity contribution in [1.82, 2.24) is 18.3 Å². The van der Waals surface area contributed by atoms with Crippen LogP contribution in [0.25, 0.3) is 188 Å². The molecule has 4 nitrogen and oxygen atoms in total. The number of hydrogen-bond donors (Lipinski definition) is 0. The lowest BCUT2D eigenvalue weighted by Gasteiger charge is -2.28. The highest BCUT2D eigenvalue weighted by Crippen LogP contribution is 2.56. The predicted molar refractivity (Wildman–Crippen MR) is 492 cm³/mol. The molecule has 0 bridgehead atoms. The van der Waals surface area contributed by atoms with Crippen molar-refractivity contribution < 1.29 is 0 Å². The predicted octanol–water partition coefficient (Wildman–Crippen LogP) is 29.7. The number of para-hydroxylation sites is 4. The third kappa shape index (κ3) is 10.7. The summed E-state index contributed by atoms with van der Waals surface area (Å²) in [6, 6.07) is 154. The van der Waals surface area contributed by atoms with Gasteiger partial charge in [-0.25, -0.2) is 0 Å².